The molecule has 152 valence electrons. The summed E-state index contributed by atoms with van der Waals surface area (Å²) in [6.07, 6.45) is -1.62. The van der Waals surface area contributed by atoms with Gasteiger partial charge in [0.25, 0.3) is 0 Å². The van der Waals surface area contributed by atoms with Crippen LogP contribution in [0.3, 0.4) is 0 Å². The minimum Gasteiger partial charge on any atom is -0.479 e. The normalized spacial score (nSPS) is 10.7. The number of carbonyl (C=O) groups is 4. The van der Waals surface area contributed by atoms with Crippen LogP contribution in [0.4, 0.5) is 9.59 Å². The molecule has 0 saturated heterocycles. The van der Waals surface area contributed by atoms with Gasteiger partial charge in [0.2, 0.25) is 0 Å². The first kappa shape index (κ1) is 25.6. The third kappa shape index (κ3) is 23.7. The fourth-order valence-corrected chi connectivity index (χ4v) is 0.911. The van der Waals surface area contributed by atoms with Gasteiger partial charge in [-0.2, -0.15) is 11.0 Å². The van der Waals surface area contributed by atoms with Gasteiger partial charge in [-0.15, -0.1) is 0 Å². The number of carboxylic acid groups (broad SMARTS) is 2. The van der Waals surface area contributed by atoms with Crippen LogP contribution in [0.2, 0.25) is 0 Å². The number of hydrogen-bond acceptors (Lipinski definition) is 8. The van der Waals surface area contributed by atoms with Gasteiger partial charge in [-0.3, -0.25) is 9.68 Å². The number of hydroxylamine groups is 2. The zero-order valence-electron chi connectivity index (χ0n) is 15.6. The summed E-state index contributed by atoms with van der Waals surface area (Å²) in [5.41, 5.74) is 2.40. The fraction of sp³-hybridized carbons (Fsp3) is 0.714. The van der Waals surface area contributed by atoms with Crippen molar-refractivity contribution < 1.29 is 48.5 Å². The van der Waals surface area contributed by atoms with Crippen molar-refractivity contribution in [2.24, 2.45) is 0 Å². The number of aliphatic carboxylic acids is 2. The molecule has 0 aromatic heterocycles. The third-order valence-corrected chi connectivity index (χ3v) is 1.50. The Kier molecular flexibility index (Phi) is 11.7. The Hall–Kier alpha value is -2.60. The molecule has 4 N–H and O–H groups in total. The molecule has 26 heavy (non-hydrogen) atoms. The molecule has 2 amide bonds. The molecule has 0 spiro atoms. The number of amides is 2. The smallest absolute Gasteiger partial charge is 0.431 e. The molecule has 12 heteroatoms. The number of carbonyl (C=O) groups excluding carboxylic acids is 2. The van der Waals surface area contributed by atoms with Crippen LogP contribution in [-0.2, 0) is 28.7 Å². The highest BCUT2D eigenvalue weighted by Crippen LogP contribution is 2.06. The van der Waals surface area contributed by atoms with E-state index in [1.54, 1.807) is 41.5 Å². The second-order valence-electron chi connectivity index (χ2n) is 6.57. The van der Waals surface area contributed by atoms with Gasteiger partial charge in [0.05, 0.1) is 0 Å². The monoisotopic (exact) mass is 382 g/mol. The van der Waals surface area contributed by atoms with E-state index in [1.807, 2.05) is 11.0 Å². The maximum atomic E-state index is 10.8. The van der Waals surface area contributed by atoms with E-state index in [1.165, 1.54) is 0 Å². The first-order valence-electron chi connectivity index (χ1n) is 7.27. The summed E-state index contributed by atoms with van der Waals surface area (Å²) in [6, 6.07) is 0. The van der Waals surface area contributed by atoms with E-state index in [0.717, 1.165) is 0 Å². The van der Waals surface area contributed by atoms with Gasteiger partial charge >= 0.3 is 24.1 Å². The predicted molar refractivity (Wildman–Crippen MR) is 85.9 cm³/mol. The zero-order chi connectivity index (χ0) is 21.0. The molecule has 0 aliphatic carbocycles. The van der Waals surface area contributed by atoms with Crippen LogP contribution in [0.1, 0.15) is 41.5 Å². The van der Waals surface area contributed by atoms with Crippen molar-refractivity contribution >= 4 is 24.1 Å². The quantitative estimate of drug-likeness (QED) is 0.487. The van der Waals surface area contributed by atoms with E-state index in [2.05, 4.69) is 9.68 Å². The highest BCUT2D eigenvalue weighted by atomic mass is 16.7. The molecule has 0 atom stereocenters. The van der Waals surface area contributed by atoms with Gasteiger partial charge in [-0.05, 0) is 41.5 Å². The Morgan fingerprint density at radius 1 is 0.692 bits per heavy atom. The van der Waals surface area contributed by atoms with Crippen molar-refractivity contribution in [1.29, 1.82) is 0 Å². The fourth-order valence-electron chi connectivity index (χ4n) is 0.911. The molecule has 0 bridgehead atoms. The summed E-state index contributed by atoms with van der Waals surface area (Å²) in [4.78, 5) is 50.0. The lowest BCUT2D eigenvalue weighted by atomic mass is 10.2. The number of hydrogen-bond donors (Lipinski definition) is 4. The summed E-state index contributed by atoms with van der Waals surface area (Å²) < 4.78 is 9.50. The Balaban J connectivity index is 0. The summed E-state index contributed by atoms with van der Waals surface area (Å²) in [5.74, 6) is -2.34. The Labute approximate surface area is 150 Å². The van der Waals surface area contributed by atoms with Gasteiger partial charge in [0, 0.05) is 0 Å². The average molecular weight is 382 g/mol. The molecule has 0 aromatic carbocycles. The van der Waals surface area contributed by atoms with Crippen LogP contribution >= 0.6 is 0 Å². The highest BCUT2D eigenvalue weighted by Gasteiger charge is 2.16. The van der Waals surface area contributed by atoms with Crippen LogP contribution in [0, 0.1) is 0 Å². The topological polar surface area (TPSA) is 170 Å². The predicted octanol–water partition coefficient (Wildman–Crippen LogP) is 1.05. The lowest BCUT2D eigenvalue weighted by Crippen LogP contribution is -2.33. The highest BCUT2D eigenvalue weighted by molar-refractivity contribution is 5.70. The maximum absolute atomic E-state index is 10.8. The number of carboxylic acids is 2. The molecule has 0 aliphatic heterocycles. The van der Waals surface area contributed by atoms with Crippen molar-refractivity contribution in [3.63, 3.8) is 0 Å². The lowest BCUT2D eigenvalue weighted by Gasteiger charge is -2.19. The van der Waals surface area contributed by atoms with E-state index in [-0.39, 0.29) is 0 Å². The van der Waals surface area contributed by atoms with Crippen molar-refractivity contribution in [2.45, 2.75) is 52.7 Å². The van der Waals surface area contributed by atoms with Crippen LogP contribution in [0.25, 0.3) is 0 Å². The Morgan fingerprint density at radius 3 is 1.15 bits per heavy atom. The largest absolute Gasteiger partial charge is 0.479 e. The lowest BCUT2D eigenvalue weighted by molar-refractivity contribution is -0.145. The minimum atomic E-state index is -1.17. The minimum absolute atomic E-state index is 0.598. The van der Waals surface area contributed by atoms with Gasteiger partial charge in [0.1, 0.15) is 11.2 Å². The molecule has 0 radical (unpaired) electrons. The van der Waals surface area contributed by atoms with Crippen LogP contribution in [0.5, 0.6) is 0 Å². The van der Waals surface area contributed by atoms with Crippen molar-refractivity contribution in [3.05, 3.63) is 0 Å². The average Bonchev–Trinajstić information content (AvgIpc) is 2.33. The SMILES string of the molecule is CC(C)(C)OC(=O)NOCC(=O)O.CC(C)(C)OC(=O)NOCC(=O)O. The van der Waals surface area contributed by atoms with Gasteiger partial charge in [-0.1, -0.05) is 0 Å². The van der Waals surface area contributed by atoms with E-state index >= 15 is 0 Å². The Morgan fingerprint density at radius 2 is 0.962 bits per heavy atom. The first-order chi connectivity index (χ1) is 11.6. The molecule has 0 aliphatic rings. The second kappa shape index (κ2) is 11.9. The zero-order valence-corrected chi connectivity index (χ0v) is 15.6. The summed E-state index contributed by atoms with van der Waals surface area (Å²) in [5, 5.41) is 16.3. The molecule has 0 aromatic rings. The molecule has 0 unspecified atom stereocenters. The van der Waals surface area contributed by atoms with Crippen LogP contribution in [0.15, 0.2) is 0 Å². The number of rotatable bonds is 6. The first-order valence-corrected chi connectivity index (χ1v) is 7.27. The van der Waals surface area contributed by atoms with Gasteiger partial charge in [0.15, 0.2) is 13.2 Å². The van der Waals surface area contributed by atoms with Crippen molar-refractivity contribution in [2.75, 3.05) is 13.2 Å². The van der Waals surface area contributed by atoms with Crippen molar-refractivity contribution in [3.8, 4) is 0 Å². The van der Waals surface area contributed by atoms with Crippen LogP contribution in [-0.4, -0.2) is 58.8 Å². The molecular formula is C14H26N2O10. The summed E-state index contributed by atoms with van der Waals surface area (Å²) >= 11 is 0. The van der Waals surface area contributed by atoms with E-state index in [4.69, 9.17) is 19.7 Å². The van der Waals surface area contributed by atoms with E-state index in [9.17, 15) is 19.2 Å². The molecule has 12 nitrogen and oxygen atoms in total. The van der Waals surface area contributed by atoms with E-state index in [0.29, 0.717) is 0 Å². The maximum Gasteiger partial charge on any atom is 0.431 e. The second-order valence-corrected chi connectivity index (χ2v) is 6.57. The third-order valence-electron chi connectivity index (χ3n) is 1.50. The standard InChI is InChI=1S/2C7H13NO5/c2*1-7(2,3)13-6(11)8-12-4-5(9)10/h2*4H2,1-3H3,(H,8,11)(H,9,10). The Bertz CT molecular complexity index is 435. The summed E-state index contributed by atoms with van der Waals surface area (Å²) in [7, 11) is 0. The number of ether oxygens (including phenoxy) is 2. The molecular weight excluding hydrogens is 356 g/mol. The summed E-state index contributed by atoms with van der Waals surface area (Å²) in [6.45, 7) is 8.91. The van der Waals surface area contributed by atoms with E-state index < -0.39 is 48.5 Å². The molecule has 0 rings (SSSR count). The molecule has 0 saturated carbocycles. The number of nitrogens with one attached hydrogen (secondary N) is 2. The molecule has 0 heterocycles. The van der Waals surface area contributed by atoms with Crippen molar-refractivity contribution in [1.82, 2.24) is 11.0 Å². The van der Waals surface area contributed by atoms with Gasteiger partial charge in [-0.25, -0.2) is 19.2 Å². The van der Waals surface area contributed by atoms with Gasteiger partial charge < -0.3 is 19.7 Å². The van der Waals surface area contributed by atoms with Crippen LogP contribution < -0.4 is 11.0 Å². The molecule has 0 fully saturated rings.